The normalized spacial score (nSPS) is 10.6. The third-order valence-electron chi connectivity index (χ3n) is 3.61. The zero-order valence-corrected chi connectivity index (χ0v) is 16.3. The maximum absolute atomic E-state index is 12.1. The number of hydrogen-bond donors (Lipinski definition) is 1. The Balaban J connectivity index is 1.68. The lowest BCUT2D eigenvalue weighted by Gasteiger charge is -2.09. The highest BCUT2D eigenvalue weighted by Crippen LogP contribution is 2.28. The summed E-state index contributed by atoms with van der Waals surface area (Å²) in [6, 6.07) is 15.0. The van der Waals surface area contributed by atoms with Crippen molar-refractivity contribution in [2.75, 3.05) is 7.11 Å². The van der Waals surface area contributed by atoms with Crippen LogP contribution < -0.4 is 14.9 Å². The molecule has 0 aliphatic carbocycles. The van der Waals surface area contributed by atoms with Crippen LogP contribution in [0.4, 0.5) is 0 Å². The number of hydrazone groups is 1. The second kappa shape index (κ2) is 9.01. The molecule has 0 spiro atoms. The fourth-order valence-corrected chi connectivity index (χ4v) is 2.73. The number of hydrogen-bond acceptors (Lipinski definition) is 6. The number of amides is 1. The second-order valence-electron chi connectivity index (χ2n) is 5.46. The predicted octanol–water partition coefficient (Wildman–Crippen LogP) is 4.03. The Hall–Kier alpha value is -3.39. The summed E-state index contributed by atoms with van der Waals surface area (Å²) in [4.78, 5) is 24.1. The van der Waals surface area contributed by atoms with Crippen molar-refractivity contribution in [3.8, 4) is 11.5 Å². The minimum atomic E-state index is -0.634. The molecule has 0 saturated carbocycles. The van der Waals surface area contributed by atoms with E-state index in [0.717, 1.165) is 0 Å². The third-order valence-corrected chi connectivity index (χ3v) is 4.30. The van der Waals surface area contributed by atoms with E-state index in [0.29, 0.717) is 21.3 Å². The molecule has 142 valence electrons. The highest BCUT2D eigenvalue weighted by atomic mass is 79.9. The van der Waals surface area contributed by atoms with E-state index >= 15 is 0 Å². The number of carbonyl (C=O) groups excluding carboxylic acids is 2. The van der Waals surface area contributed by atoms with Gasteiger partial charge in [-0.2, -0.15) is 5.10 Å². The molecule has 28 heavy (non-hydrogen) atoms. The summed E-state index contributed by atoms with van der Waals surface area (Å²) < 4.78 is 16.2. The summed E-state index contributed by atoms with van der Waals surface area (Å²) in [5.74, 6) is -0.327. The van der Waals surface area contributed by atoms with Crippen molar-refractivity contribution < 1.29 is 23.5 Å². The monoisotopic (exact) mass is 442 g/mol. The fourth-order valence-electron chi connectivity index (χ4n) is 2.26. The fraction of sp³-hybridized carbons (Fsp3) is 0.0500. The van der Waals surface area contributed by atoms with Gasteiger partial charge in [-0.3, -0.25) is 4.79 Å². The lowest BCUT2D eigenvalue weighted by atomic mass is 10.2. The molecule has 0 bridgehead atoms. The predicted molar refractivity (Wildman–Crippen MR) is 106 cm³/mol. The Morgan fingerprint density at radius 1 is 1.11 bits per heavy atom. The Labute approximate surface area is 169 Å². The average molecular weight is 443 g/mol. The number of halogens is 1. The molecule has 7 nitrogen and oxygen atoms in total. The first-order chi connectivity index (χ1) is 13.6. The van der Waals surface area contributed by atoms with Crippen LogP contribution in [0.2, 0.25) is 0 Å². The Bertz CT molecular complexity index is 1020. The van der Waals surface area contributed by atoms with Crippen molar-refractivity contribution in [3.63, 3.8) is 0 Å². The van der Waals surface area contributed by atoms with Crippen molar-refractivity contribution in [2.24, 2.45) is 5.10 Å². The lowest BCUT2D eigenvalue weighted by Crippen LogP contribution is -2.18. The largest absolute Gasteiger partial charge is 0.493 e. The van der Waals surface area contributed by atoms with Gasteiger partial charge in [0.2, 0.25) is 5.76 Å². The van der Waals surface area contributed by atoms with E-state index in [9.17, 15) is 9.59 Å². The molecule has 0 atom stereocenters. The van der Waals surface area contributed by atoms with Gasteiger partial charge in [0.1, 0.15) is 0 Å². The summed E-state index contributed by atoms with van der Waals surface area (Å²) in [7, 11) is 1.45. The molecule has 1 N–H and O–H groups in total. The first kappa shape index (κ1) is 19.4. The maximum Gasteiger partial charge on any atom is 0.379 e. The molecule has 3 aromatic rings. The average Bonchev–Trinajstić information content (AvgIpc) is 3.24. The quantitative estimate of drug-likeness (QED) is 0.269. The van der Waals surface area contributed by atoms with Crippen molar-refractivity contribution in [1.82, 2.24) is 5.43 Å². The van der Waals surface area contributed by atoms with Crippen molar-refractivity contribution >= 4 is 34.0 Å². The number of furan rings is 1. The lowest BCUT2D eigenvalue weighted by molar-refractivity contribution is 0.0696. The van der Waals surface area contributed by atoms with Gasteiger partial charge in [0, 0.05) is 4.47 Å². The molecule has 0 saturated heterocycles. The Morgan fingerprint density at radius 3 is 2.64 bits per heavy atom. The maximum atomic E-state index is 12.1. The van der Waals surface area contributed by atoms with Crippen LogP contribution >= 0.6 is 15.9 Å². The number of carbonyl (C=O) groups is 2. The van der Waals surface area contributed by atoms with Gasteiger partial charge in [-0.05, 0) is 64.0 Å². The van der Waals surface area contributed by atoms with Crippen molar-refractivity contribution in [2.45, 2.75) is 0 Å². The van der Waals surface area contributed by atoms with Crippen LogP contribution in [0.15, 0.2) is 74.9 Å². The number of ether oxygens (including phenoxy) is 2. The summed E-state index contributed by atoms with van der Waals surface area (Å²) in [6.45, 7) is 0. The van der Waals surface area contributed by atoms with Gasteiger partial charge in [0.25, 0.3) is 5.91 Å². The minimum absolute atomic E-state index is 0.0856. The highest BCUT2D eigenvalue weighted by molar-refractivity contribution is 9.10. The number of esters is 1. The van der Waals surface area contributed by atoms with Crippen LogP contribution in [0.1, 0.15) is 26.5 Å². The van der Waals surface area contributed by atoms with Crippen LogP contribution in [-0.4, -0.2) is 25.2 Å². The van der Waals surface area contributed by atoms with Crippen LogP contribution in [0.25, 0.3) is 0 Å². The van der Waals surface area contributed by atoms with E-state index in [-0.39, 0.29) is 17.4 Å². The molecule has 8 heteroatoms. The molecule has 0 aliphatic heterocycles. The molecule has 2 aromatic carbocycles. The van der Waals surface area contributed by atoms with Crippen LogP contribution in [0.5, 0.6) is 11.5 Å². The third kappa shape index (κ3) is 4.66. The number of rotatable bonds is 6. The van der Waals surface area contributed by atoms with Gasteiger partial charge in [-0.1, -0.05) is 12.1 Å². The molecule has 1 amide bonds. The molecular weight excluding hydrogens is 428 g/mol. The number of nitrogens with zero attached hydrogens (tertiary/aromatic N) is 1. The zero-order chi connectivity index (χ0) is 19.9. The molecule has 1 heterocycles. The number of methoxy groups -OCH3 is 1. The summed E-state index contributed by atoms with van der Waals surface area (Å²) >= 11 is 3.32. The van der Waals surface area contributed by atoms with Gasteiger partial charge in [0.05, 0.1) is 25.2 Å². The number of benzene rings is 2. The summed E-state index contributed by atoms with van der Waals surface area (Å²) in [5, 5.41) is 3.94. The van der Waals surface area contributed by atoms with E-state index in [1.807, 2.05) is 6.07 Å². The molecular formula is C20H15BrN2O5. The zero-order valence-electron chi connectivity index (χ0n) is 14.7. The first-order valence-corrected chi connectivity index (χ1v) is 8.89. The van der Waals surface area contributed by atoms with E-state index in [2.05, 4.69) is 26.5 Å². The highest BCUT2D eigenvalue weighted by Gasteiger charge is 2.15. The van der Waals surface area contributed by atoms with Crippen LogP contribution in [-0.2, 0) is 0 Å². The molecule has 0 unspecified atom stereocenters. The van der Waals surface area contributed by atoms with E-state index in [4.69, 9.17) is 13.9 Å². The van der Waals surface area contributed by atoms with Crippen molar-refractivity contribution in [1.29, 1.82) is 0 Å². The van der Waals surface area contributed by atoms with Gasteiger partial charge in [-0.25, -0.2) is 10.2 Å². The van der Waals surface area contributed by atoms with Crippen LogP contribution in [0.3, 0.4) is 0 Å². The molecule has 0 radical (unpaired) electrons. The second-order valence-corrected chi connectivity index (χ2v) is 6.31. The smallest absolute Gasteiger partial charge is 0.379 e. The summed E-state index contributed by atoms with van der Waals surface area (Å²) in [5.41, 5.74) is 3.56. The SMILES string of the molecule is COc1cc(C=NNC(=O)c2ccccc2Br)ccc1OC(=O)c1ccco1. The van der Waals surface area contributed by atoms with Gasteiger partial charge >= 0.3 is 5.97 Å². The summed E-state index contributed by atoms with van der Waals surface area (Å²) in [6.07, 6.45) is 2.84. The van der Waals surface area contributed by atoms with Gasteiger partial charge < -0.3 is 13.9 Å². The standard InChI is InChI=1S/C20H15BrN2O5/c1-26-18-11-13(8-9-16(18)28-20(25)17-7-4-10-27-17)12-22-23-19(24)14-5-2-3-6-15(14)21/h2-12H,1H3,(H,23,24). The molecule has 0 fully saturated rings. The number of nitrogens with one attached hydrogen (secondary N) is 1. The van der Waals surface area contributed by atoms with Crippen molar-refractivity contribution in [3.05, 3.63) is 82.2 Å². The van der Waals surface area contributed by atoms with Crippen LogP contribution in [0, 0.1) is 0 Å². The van der Waals surface area contributed by atoms with E-state index in [1.165, 1.54) is 25.7 Å². The molecule has 0 aliphatic rings. The minimum Gasteiger partial charge on any atom is -0.493 e. The Kier molecular flexibility index (Phi) is 6.23. The van der Waals surface area contributed by atoms with Gasteiger partial charge in [-0.15, -0.1) is 0 Å². The molecule has 3 rings (SSSR count). The van der Waals surface area contributed by atoms with E-state index in [1.54, 1.807) is 42.5 Å². The molecule has 1 aromatic heterocycles. The topological polar surface area (TPSA) is 90.1 Å². The first-order valence-electron chi connectivity index (χ1n) is 8.10. The van der Waals surface area contributed by atoms with Gasteiger partial charge in [0.15, 0.2) is 11.5 Å². The van der Waals surface area contributed by atoms with E-state index < -0.39 is 5.97 Å². The Morgan fingerprint density at radius 2 is 1.93 bits per heavy atom.